The van der Waals surface area contributed by atoms with E-state index in [0.717, 1.165) is 21.3 Å². The van der Waals surface area contributed by atoms with Gasteiger partial charge >= 0.3 is 0 Å². The monoisotopic (exact) mass is 225 g/mol. The van der Waals surface area contributed by atoms with Crippen molar-refractivity contribution in [1.82, 2.24) is 15.2 Å². The molecule has 0 aromatic carbocycles. The van der Waals surface area contributed by atoms with Crippen LogP contribution >= 0.6 is 15.9 Å². The summed E-state index contributed by atoms with van der Waals surface area (Å²) in [6.45, 7) is 4.02. The molecule has 12 heavy (non-hydrogen) atoms. The summed E-state index contributed by atoms with van der Waals surface area (Å²) in [5, 5.41) is 7.98. The third-order valence-electron chi connectivity index (χ3n) is 1.81. The fourth-order valence-electron chi connectivity index (χ4n) is 1.33. The first-order valence-electron chi connectivity index (χ1n) is 3.66. The zero-order chi connectivity index (χ0) is 8.72. The normalized spacial score (nSPS) is 10.9. The van der Waals surface area contributed by atoms with Crippen LogP contribution in [0.4, 0.5) is 0 Å². The molecule has 0 aliphatic carbocycles. The largest absolute Gasteiger partial charge is 0.269 e. The number of aromatic nitrogens is 3. The van der Waals surface area contributed by atoms with Gasteiger partial charge in [-0.05, 0) is 41.4 Å². The topological polar surface area (TPSA) is 41.6 Å². The molecule has 0 aliphatic heterocycles. The second kappa shape index (κ2) is 2.55. The summed E-state index contributed by atoms with van der Waals surface area (Å²) in [5.74, 6) is 0. The Morgan fingerprint density at radius 2 is 2.17 bits per heavy atom. The number of hydrogen-bond donors (Lipinski definition) is 1. The van der Waals surface area contributed by atoms with Crippen LogP contribution in [0.3, 0.4) is 0 Å². The lowest BCUT2D eigenvalue weighted by Crippen LogP contribution is -1.84. The quantitative estimate of drug-likeness (QED) is 0.748. The van der Waals surface area contributed by atoms with Crippen molar-refractivity contribution in [3.63, 3.8) is 0 Å². The van der Waals surface area contributed by atoms with Gasteiger partial charge in [0.25, 0.3) is 0 Å². The van der Waals surface area contributed by atoms with Crippen LogP contribution in [-0.2, 0) is 0 Å². The third kappa shape index (κ3) is 1.03. The molecule has 62 valence electrons. The summed E-state index contributed by atoms with van der Waals surface area (Å²) >= 11 is 3.38. The van der Waals surface area contributed by atoms with Gasteiger partial charge in [0.15, 0.2) is 5.65 Å². The van der Waals surface area contributed by atoms with E-state index in [1.54, 1.807) is 0 Å². The Morgan fingerprint density at radius 3 is 2.92 bits per heavy atom. The second-order valence-corrected chi connectivity index (χ2v) is 3.61. The summed E-state index contributed by atoms with van der Waals surface area (Å²) in [5.41, 5.74) is 2.97. The van der Waals surface area contributed by atoms with E-state index in [1.807, 2.05) is 13.0 Å². The minimum atomic E-state index is 0.777. The highest BCUT2D eigenvalue weighted by Gasteiger charge is 2.06. The van der Waals surface area contributed by atoms with E-state index in [2.05, 4.69) is 38.0 Å². The van der Waals surface area contributed by atoms with E-state index in [-0.39, 0.29) is 0 Å². The Labute approximate surface area is 78.3 Å². The maximum atomic E-state index is 4.28. The SMILES string of the molecule is Cc1cc(C)c2c(Br)[nH]nc2n1. The standard InChI is InChI=1S/C8H8BrN3/c1-4-3-5(2)10-8-6(4)7(9)11-12-8/h3H,1-2H3,(H,10,11,12). The average molecular weight is 226 g/mol. The summed E-state index contributed by atoms with van der Waals surface area (Å²) in [4.78, 5) is 4.28. The zero-order valence-electron chi connectivity index (χ0n) is 6.85. The molecule has 0 fully saturated rings. The van der Waals surface area contributed by atoms with Gasteiger partial charge in [-0.2, -0.15) is 5.10 Å². The molecule has 2 heterocycles. The lowest BCUT2D eigenvalue weighted by Gasteiger charge is -1.96. The van der Waals surface area contributed by atoms with Crippen LogP contribution in [-0.4, -0.2) is 15.2 Å². The van der Waals surface area contributed by atoms with E-state index in [9.17, 15) is 0 Å². The molecular weight excluding hydrogens is 218 g/mol. The number of aryl methyl sites for hydroxylation is 2. The number of pyridine rings is 1. The van der Waals surface area contributed by atoms with Gasteiger partial charge in [0.05, 0.1) is 5.39 Å². The van der Waals surface area contributed by atoms with E-state index in [1.165, 1.54) is 5.56 Å². The first-order chi connectivity index (χ1) is 5.68. The van der Waals surface area contributed by atoms with Crippen molar-refractivity contribution in [2.75, 3.05) is 0 Å². The lowest BCUT2D eigenvalue weighted by molar-refractivity contribution is 1.07. The Balaban J connectivity index is 2.93. The molecule has 2 rings (SSSR count). The minimum absolute atomic E-state index is 0.777. The second-order valence-electron chi connectivity index (χ2n) is 2.82. The lowest BCUT2D eigenvalue weighted by atomic mass is 10.2. The van der Waals surface area contributed by atoms with Crippen LogP contribution in [0.1, 0.15) is 11.3 Å². The first kappa shape index (κ1) is 7.73. The number of rotatable bonds is 0. The first-order valence-corrected chi connectivity index (χ1v) is 4.45. The number of H-pyrrole nitrogens is 1. The van der Waals surface area contributed by atoms with Gasteiger partial charge in [-0.1, -0.05) is 0 Å². The van der Waals surface area contributed by atoms with Crippen molar-refractivity contribution in [1.29, 1.82) is 0 Å². The number of fused-ring (bicyclic) bond motifs is 1. The number of nitrogens with one attached hydrogen (secondary N) is 1. The third-order valence-corrected chi connectivity index (χ3v) is 2.38. The highest BCUT2D eigenvalue weighted by Crippen LogP contribution is 2.23. The van der Waals surface area contributed by atoms with Crippen molar-refractivity contribution >= 4 is 27.0 Å². The van der Waals surface area contributed by atoms with Crippen molar-refractivity contribution in [2.45, 2.75) is 13.8 Å². The van der Waals surface area contributed by atoms with Gasteiger partial charge in [0, 0.05) is 5.69 Å². The minimum Gasteiger partial charge on any atom is -0.269 e. The highest BCUT2D eigenvalue weighted by atomic mass is 79.9. The van der Waals surface area contributed by atoms with Gasteiger partial charge < -0.3 is 0 Å². The average Bonchev–Trinajstić information content (AvgIpc) is 2.31. The molecule has 0 bridgehead atoms. The van der Waals surface area contributed by atoms with Crippen molar-refractivity contribution < 1.29 is 0 Å². The van der Waals surface area contributed by atoms with Crippen molar-refractivity contribution in [3.05, 3.63) is 21.9 Å². The Kier molecular flexibility index (Phi) is 1.65. The molecule has 1 N–H and O–H groups in total. The molecule has 0 radical (unpaired) electrons. The van der Waals surface area contributed by atoms with Gasteiger partial charge in [-0.25, -0.2) is 4.98 Å². The van der Waals surface area contributed by atoms with Gasteiger partial charge in [-0.3, -0.25) is 5.10 Å². The van der Waals surface area contributed by atoms with E-state index in [0.29, 0.717) is 0 Å². The van der Waals surface area contributed by atoms with Crippen LogP contribution in [0.2, 0.25) is 0 Å². The highest BCUT2D eigenvalue weighted by molar-refractivity contribution is 9.10. The molecule has 3 nitrogen and oxygen atoms in total. The number of hydrogen-bond acceptors (Lipinski definition) is 2. The summed E-state index contributed by atoms with van der Waals surface area (Å²) in [6.07, 6.45) is 0. The van der Waals surface area contributed by atoms with E-state index < -0.39 is 0 Å². The van der Waals surface area contributed by atoms with Crippen LogP contribution in [0, 0.1) is 13.8 Å². The smallest absolute Gasteiger partial charge is 0.182 e. The Morgan fingerprint density at radius 1 is 1.42 bits per heavy atom. The molecule has 2 aromatic rings. The predicted molar refractivity (Wildman–Crippen MR) is 51.1 cm³/mol. The predicted octanol–water partition coefficient (Wildman–Crippen LogP) is 2.34. The molecule has 0 amide bonds. The molecule has 0 saturated heterocycles. The Bertz CT molecular complexity index is 433. The fraction of sp³-hybridized carbons (Fsp3) is 0.250. The molecule has 4 heteroatoms. The fourth-order valence-corrected chi connectivity index (χ4v) is 1.91. The number of halogens is 1. The molecule has 0 atom stereocenters. The molecular formula is C8H8BrN3. The summed E-state index contributed by atoms with van der Waals surface area (Å²) < 4.78 is 0.905. The van der Waals surface area contributed by atoms with E-state index >= 15 is 0 Å². The van der Waals surface area contributed by atoms with Crippen LogP contribution in [0.5, 0.6) is 0 Å². The van der Waals surface area contributed by atoms with Crippen molar-refractivity contribution in [2.24, 2.45) is 0 Å². The van der Waals surface area contributed by atoms with E-state index in [4.69, 9.17) is 0 Å². The summed E-state index contributed by atoms with van der Waals surface area (Å²) in [7, 11) is 0. The van der Waals surface area contributed by atoms with Crippen molar-refractivity contribution in [3.8, 4) is 0 Å². The van der Waals surface area contributed by atoms with Crippen LogP contribution in [0.15, 0.2) is 10.7 Å². The van der Waals surface area contributed by atoms with Crippen LogP contribution < -0.4 is 0 Å². The molecule has 0 unspecified atom stereocenters. The van der Waals surface area contributed by atoms with Gasteiger partial charge in [0.1, 0.15) is 4.60 Å². The zero-order valence-corrected chi connectivity index (χ0v) is 8.44. The molecule has 0 aliphatic rings. The number of aromatic amines is 1. The molecule has 2 aromatic heterocycles. The van der Waals surface area contributed by atoms with Gasteiger partial charge in [0.2, 0.25) is 0 Å². The van der Waals surface area contributed by atoms with Crippen LogP contribution in [0.25, 0.3) is 11.0 Å². The van der Waals surface area contributed by atoms with Gasteiger partial charge in [-0.15, -0.1) is 0 Å². The summed E-state index contributed by atoms with van der Waals surface area (Å²) in [6, 6.07) is 2.04. The number of nitrogens with zero attached hydrogens (tertiary/aromatic N) is 2. The molecule has 0 saturated carbocycles. The molecule has 0 spiro atoms. The maximum absolute atomic E-state index is 4.28. The maximum Gasteiger partial charge on any atom is 0.182 e. The Hall–Kier alpha value is -0.900.